The van der Waals surface area contributed by atoms with Crippen LogP contribution in [0.25, 0.3) is 0 Å². The van der Waals surface area contributed by atoms with Crippen LogP contribution < -0.4 is 0 Å². The molecular formula is C19H25NO3. The van der Waals surface area contributed by atoms with E-state index in [1.807, 2.05) is 30.3 Å². The van der Waals surface area contributed by atoms with E-state index in [0.717, 1.165) is 5.56 Å². The monoisotopic (exact) mass is 315 g/mol. The summed E-state index contributed by atoms with van der Waals surface area (Å²) in [7, 11) is 0. The van der Waals surface area contributed by atoms with Gasteiger partial charge in [-0.2, -0.15) is 0 Å². The highest BCUT2D eigenvalue weighted by atomic mass is 16.4. The van der Waals surface area contributed by atoms with Gasteiger partial charge in [0.2, 0.25) is 5.91 Å². The van der Waals surface area contributed by atoms with Gasteiger partial charge in [0.1, 0.15) is 0 Å². The average molecular weight is 315 g/mol. The molecule has 1 aliphatic heterocycles. The molecule has 4 nitrogen and oxygen atoms in total. The summed E-state index contributed by atoms with van der Waals surface area (Å²) in [6.45, 7) is 9.30. The molecule has 1 heterocycles. The Balaban J connectivity index is 1.82. The van der Waals surface area contributed by atoms with E-state index in [1.54, 1.807) is 4.90 Å². The number of benzene rings is 1. The Bertz CT molecular complexity index is 621. The van der Waals surface area contributed by atoms with E-state index >= 15 is 0 Å². The highest BCUT2D eigenvalue weighted by Gasteiger charge is 2.69. The summed E-state index contributed by atoms with van der Waals surface area (Å²) in [6.07, 6.45) is 0. The van der Waals surface area contributed by atoms with Crippen LogP contribution in [0.2, 0.25) is 0 Å². The second-order valence-corrected chi connectivity index (χ2v) is 8.08. The first-order chi connectivity index (χ1) is 10.7. The average Bonchev–Trinajstić information content (AvgIpc) is 2.83. The van der Waals surface area contributed by atoms with E-state index in [1.165, 1.54) is 0 Å². The number of amides is 1. The lowest BCUT2D eigenvalue weighted by Crippen LogP contribution is -2.32. The van der Waals surface area contributed by atoms with Crippen molar-refractivity contribution in [2.45, 2.75) is 33.6 Å². The lowest BCUT2D eigenvalue weighted by Gasteiger charge is -2.18. The number of carboxylic acids is 1. The van der Waals surface area contributed by atoms with Crippen molar-refractivity contribution in [2.75, 3.05) is 13.1 Å². The molecule has 2 aliphatic rings. The first kappa shape index (κ1) is 16.0. The standard InChI is InChI=1S/C19H25NO3/c1-18(2)15(19(18,3)4)16(21)20-10-13(14(11-20)17(22)23)12-8-6-5-7-9-12/h5-9,13-15H,10-11H2,1-4H3,(H,22,23). The molecule has 3 rings (SSSR count). The van der Waals surface area contributed by atoms with Gasteiger partial charge in [0.15, 0.2) is 0 Å². The number of carbonyl (C=O) groups is 2. The zero-order chi connectivity index (χ0) is 17.0. The Kier molecular flexibility index (Phi) is 3.54. The van der Waals surface area contributed by atoms with E-state index in [9.17, 15) is 14.7 Å². The van der Waals surface area contributed by atoms with Gasteiger partial charge in [0.05, 0.1) is 5.92 Å². The maximum absolute atomic E-state index is 12.9. The smallest absolute Gasteiger partial charge is 0.308 e. The molecule has 0 aromatic heterocycles. The fourth-order valence-electron chi connectivity index (χ4n) is 4.27. The van der Waals surface area contributed by atoms with Gasteiger partial charge in [-0.05, 0) is 16.4 Å². The molecule has 124 valence electrons. The maximum Gasteiger partial charge on any atom is 0.308 e. The molecule has 1 aliphatic carbocycles. The Morgan fingerprint density at radius 1 is 1.04 bits per heavy atom. The Labute approximate surface area is 137 Å². The highest BCUT2D eigenvalue weighted by molar-refractivity contribution is 5.86. The third kappa shape index (κ3) is 2.35. The van der Waals surface area contributed by atoms with Gasteiger partial charge in [-0.1, -0.05) is 58.0 Å². The fourth-order valence-corrected chi connectivity index (χ4v) is 4.27. The van der Waals surface area contributed by atoms with Crippen molar-refractivity contribution in [3.63, 3.8) is 0 Å². The molecule has 1 aromatic carbocycles. The van der Waals surface area contributed by atoms with Crippen molar-refractivity contribution in [1.29, 1.82) is 0 Å². The predicted molar refractivity (Wildman–Crippen MR) is 87.9 cm³/mol. The van der Waals surface area contributed by atoms with Gasteiger partial charge in [-0.25, -0.2) is 0 Å². The summed E-state index contributed by atoms with van der Waals surface area (Å²) in [6, 6.07) is 9.68. The van der Waals surface area contributed by atoms with Crippen LogP contribution in [-0.4, -0.2) is 35.0 Å². The van der Waals surface area contributed by atoms with Gasteiger partial charge < -0.3 is 10.0 Å². The summed E-state index contributed by atoms with van der Waals surface area (Å²) < 4.78 is 0. The van der Waals surface area contributed by atoms with Gasteiger partial charge >= 0.3 is 5.97 Å². The molecule has 1 aromatic rings. The first-order valence-electron chi connectivity index (χ1n) is 8.24. The number of likely N-dealkylation sites (tertiary alicyclic amines) is 1. The molecule has 0 bridgehead atoms. The van der Waals surface area contributed by atoms with Crippen LogP contribution in [-0.2, 0) is 9.59 Å². The van der Waals surface area contributed by atoms with Crippen LogP contribution in [0.15, 0.2) is 30.3 Å². The molecule has 23 heavy (non-hydrogen) atoms. The van der Waals surface area contributed by atoms with Crippen LogP contribution >= 0.6 is 0 Å². The molecule has 1 saturated carbocycles. The minimum absolute atomic E-state index is 0.0148. The van der Waals surface area contributed by atoms with E-state index in [4.69, 9.17) is 0 Å². The van der Waals surface area contributed by atoms with Gasteiger partial charge in [0.25, 0.3) is 0 Å². The van der Waals surface area contributed by atoms with Gasteiger partial charge in [-0.15, -0.1) is 0 Å². The van der Waals surface area contributed by atoms with E-state index in [2.05, 4.69) is 27.7 Å². The molecule has 1 saturated heterocycles. The third-order valence-corrected chi connectivity index (χ3v) is 6.44. The largest absolute Gasteiger partial charge is 0.481 e. The molecule has 0 radical (unpaired) electrons. The minimum Gasteiger partial charge on any atom is -0.481 e. The minimum atomic E-state index is -0.816. The molecule has 2 fully saturated rings. The van der Waals surface area contributed by atoms with Gasteiger partial charge in [-0.3, -0.25) is 9.59 Å². The van der Waals surface area contributed by atoms with Crippen LogP contribution in [0.3, 0.4) is 0 Å². The van der Waals surface area contributed by atoms with Gasteiger partial charge in [0, 0.05) is 24.9 Å². The lowest BCUT2D eigenvalue weighted by atomic mass is 9.89. The number of hydrogen-bond donors (Lipinski definition) is 1. The van der Waals surface area contributed by atoms with Crippen LogP contribution in [0.1, 0.15) is 39.2 Å². The third-order valence-electron chi connectivity index (χ3n) is 6.44. The molecule has 2 unspecified atom stereocenters. The summed E-state index contributed by atoms with van der Waals surface area (Å²) in [4.78, 5) is 26.3. The van der Waals surface area contributed by atoms with Crippen molar-refractivity contribution >= 4 is 11.9 Å². The van der Waals surface area contributed by atoms with Crippen molar-refractivity contribution in [3.05, 3.63) is 35.9 Å². The zero-order valence-electron chi connectivity index (χ0n) is 14.2. The van der Waals surface area contributed by atoms with Crippen molar-refractivity contribution in [1.82, 2.24) is 4.90 Å². The molecule has 1 N–H and O–H groups in total. The number of nitrogens with zero attached hydrogens (tertiary/aromatic N) is 1. The maximum atomic E-state index is 12.9. The van der Waals surface area contributed by atoms with Crippen LogP contribution in [0.4, 0.5) is 0 Å². The molecule has 1 amide bonds. The number of aliphatic carboxylic acids is 1. The summed E-state index contributed by atoms with van der Waals surface area (Å²) >= 11 is 0. The highest BCUT2D eigenvalue weighted by Crippen LogP contribution is 2.69. The fraction of sp³-hybridized carbons (Fsp3) is 0.579. The lowest BCUT2D eigenvalue weighted by molar-refractivity contribution is -0.142. The van der Waals surface area contributed by atoms with E-state index in [0.29, 0.717) is 13.1 Å². The van der Waals surface area contributed by atoms with Crippen LogP contribution in [0, 0.1) is 22.7 Å². The van der Waals surface area contributed by atoms with Crippen molar-refractivity contribution < 1.29 is 14.7 Å². The normalized spacial score (nSPS) is 28.6. The Morgan fingerprint density at radius 2 is 1.61 bits per heavy atom. The van der Waals surface area contributed by atoms with Crippen LogP contribution in [0.5, 0.6) is 0 Å². The topological polar surface area (TPSA) is 57.6 Å². The number of hydrogen-bond acceptors (Lipinski definition) is 2. The quantitative estimate of drug-likeness (QED) is 0.933. The number of carbonyl (C=O) groups excluding carboxylic acids is 1. The Hall–Kier alpha value is -1.84. The second-order valence-electron chi connectivity index (χ2n) is 8.08. The molecule has 0 spiro atoms. The van der Waals surface area contributed by atoms with E-state index < -0.39 is 11.9 Å². The number of carboxylic acid groups (broad SMARTS) is 1. The number of rotatable bonds is 3. The zero-order valence-corrected chi connectivity index (χ0v) is 14.2. The van der Waals surface area contributed by atoms with Crippen molar-refractivity contribution in [2.24, 2.45) is 22.7 Å². The Morgan fingerprint density at radius 3 is 2.09 bits per heavy atom. The second kappa shape index (κ2) is 5.08. The van der Waals surface area contributed by atoms with Crippen molar-refractivity contribution in [3.8, 4) is 0 Å². The first-order valence-corrected chi connectivity index (χ1v) is 8.24. The van der Waals surface area contributed by atoms with E-state index in [-0.39, 0.29) is 28.6 Å². The molecule has 4 heteroatoms. The predicted octanol–water partition coefficient (Wildman–Crippen LogP) is 3.00. The molecular weight excluding hydrogens is 290 g/mol. The summed E-state index contributed by atoms with van der Waals surface area (Å²) in [5, 5.41) is 9.57. The molecule has 2 atom stereocenters. The summed E-state index contributed by atoms with van der Waals surface area (Å²) in [5.41, 5.74) is 0.964. The summed E-state index contributed by atoms with van der Waals surface area (Å²) in [5.74, 6) is -1.36. The SMILES string of the molecule is CC1(C)C(C(=O)N2CC(C(=O)O)C(c3ccccc3)C2)C1(C)C.